The van der Waals surface area contributed by atoms with E-state index in [0.29, 0.717) is 23.9 Å². The molecular weight excluding hydrogens is 385 g/mol. The molecule has 2 aromatic carbocycles. The largest absolute Gasteiger partial charge is 0.454 e. The van der Waals surface area contributed by atoms with Crippen molar-refractivity contribution in [1.29, 1.82) is 0 Å². The maximum absolute atomic E-state index is 13.9. The van der Waals surface area contributed by atoms with Gasteiger partial charge >= 0.3 is 0 Å². The Morgan fingerprint density at radius 3 is 2.79 bits per heavy atom. The Balaban J connectivity index is 1.58. The summed E-state index contributed by atoms with van der Waals surface area (Å²) >= 11 is 5.91. The highest BCUT2D eigenvalue weighted by atomic mass is 35.5. The van der Waals surface area contributed by atoms with Crippen LogP contribution in [0.1, 0.15) is 18.9 Å². The first kappa shape index (κ1) is 18.9. The molecule has 6 nitrogen and oxygen atoms in total. The normalized spacial score (nSPS) is 21.8. The first-order valence-corrected chi connectivity index (χ1v) is 9.33. The number of nitrogens with zero attached hydrogens (tertiary/aromatic N) is 3. The molecule has 2 atom stereocenters. The number of hydrogen-bond acceptors (Lipinski definition) is 5. The van der Waals surface area contributed by atoms with Crippen LogP contribution < -0.4 is 4.74 Å². The summed E-state index contributed by atoms with van der Waals surface area (Å²) in [5.41, 5.74) is 0.817. The lowest BCUT2D eigenvalue weighted by Gasteiger charge is -2.28. The molecule has 2 unspecified atom stereocenters. The van der Waals surface area contributed by atoms with Crippen molar-refractivity contribution >= 4 is 11.6 Å². The molecular formula is C20H19ClFN3O3. The second-order valence-electron chi connectivity index (χ2n) is 6.51. The number of benzene rings is 2. The van der Waals surface area contributed by atoms with Crippen LogP contribution in [-0.4, -0.2) is 27.5 Å². The second-order valence-corrected chi connectivity index (χ2v) is 6.94. The molecule has 0 radical (unpaired) electrons. The van der Waals surface area contributed by atoms with E-state index in [2.05, 4.69) is 17.0 Å². The van der Waals surface area contributed by atoms with Gasteiger partial charge in [0, 0.05) is 16.7 Å². The topological polar surface area (TPSA) is 58.4 Å². The van der Waals surface area contributed by atoms with Crippen molar-refractivity contribution in [3.05, 3.63) is 71.5 Å². The van der Waals surface area contributed by atoms with Crippen molar-refractivity contribution in [2.45, 2.75) is 31.8 Å². The van der Waals surface area contributed by atoms with E-state index < -0.39 is 11.6 Å². The van der Waals surface area contributed by atoms with Crippen molar-refractivity contribution in [1.82, 2.24) is 14.8 Å². The molecule has 0 saturated carbocycles. The molecule has 1 fully saturated rings. The number of hydrogen-bond donors (Lipinski definition) is 0. The van der Waals surface area contributed by atoms with Crippen LogP contribution in [0.3, 0.4) is 0 Å². The maximum atomic E-state index is 13.9. The van der Waals surface area contributed by atoms with Crippen molar-refractivity contribution in [3.63, 3.8) is 0 Å². The summed E-state index contributed by atoms with van der Waals surface area (Å²) < 4.78 is 33.5. The molecule has 1 aromatic heterocycles. The van der Waals surface area contributed by atoms with Crippen LogP contribution in [0.25, 0.3) is 0 Å². The smallest absolute Gasteiger partial charge is 0.215 e. The highest BCUT2D eigenvalue weighted by Crippen LogP contribution is 2.38. The van der Waals surface area contributed by atoms with Gasteiger partial charge in [0.15, 0.2) is 11.6 Å². The summed E-state index contributed by atoms with van der Waals surface area (Å²) in [6.07, 6.45) is 3.93. The zero-order valence-electron chi connectivity index (χ0n) is 15.2. The fourth-order valence-electron chi connectivity index (χ4n) is 3.08. The number of ether oxygens (including phenoxy) is 3. The molecule has 0 aliphatic carbocycles. The van der Waals surface area contributed by atoms with E-state index in [1.807, 2.05) is 12.1 Å². The van der Waals surface area contributed by atoms with Crippen LogP contribution in [0.4, 0.5) is 4.39 Å². The van der Waals surface area contributed by atoms with Crippen LogP contribution in [-0.2, 0) is 21.8 Å². The molecule has 28 heavy (non-hydrogen) atoms. The van der Waals surface area contributed by atoms with Crippen molar-refractivity contribution in [2.75, 3.05) is 6.61 Å². The van der Waals surface area contributed by atoms with E-state index in [-0.39, 0.29) is 11.9 Å². The summed E-state index contributed by atoms with van der Waals surface area (Å²) in [5, 5.41) is 4.56. The lowest BCUT2D eigenvalue weighted by Crippen LogP contribution is -2.33. The fourth-order valence-corrected chi connectivity index (χ4v) is 3.24. The molecule has 4 rings (SSSR count). The van der Waals surface area contributed by atoms with E-state index in [1.165, 1.54) is 24.5 Å². The lowest BCUT2D eigenvalue weighted by molar-refractivity contribution is -0.188. The van der Waals surface area contributed by atoms with Gasteiger partial charge in [0.05, 0.1) is 12.7 Å². The monoisotopic (exact) mass is 403 g/mol. The van der Waals surface area contributed by atoms with Gasteiger partial charge in [0.1, 0.15) is 24.9 Å². The third kappa shape index (κ3) is 3.87. The molecule has 3 aromatic rings. The van der Waals surface area contributed by atoms with Gasteiger partial charge < -0.3 is 14.2 Å². The number of halogens is 2. The predicted octanol–water partition coefficient (Wildman–Crippen LogP) is 4.54. The molecule has 1 saturated heterocycles. The zero-order chi connectivity index (χ0) is 19.6. The summed E-state index contributed by atoms with van der Waals surface area (Å²) in [7, 11) is 0. The molecule has 0 amide bonds. The van der Waals surface area contributed by atoms with Gasteiger partial charge in [-0.2, -0.15) is 5.10 Å². The third-order valence-corrected chi connectivity index (χ3v) is 4.80. The van der Waals surface area contributed by atoms with E-state index in [9.17, 15) is 4.39 Å². The second kappa shape index (κ2) is 7.87. The van der Waals surface area contributed by atoms with Gasteiger partial charge in [-0.05, 0) is 42.8 Å². The van der Waals surface area contributed by atoms with Gasteiger partial charge in [-0.25, -0.2) is 14.1 Å². The molecule has 0 bridgehead atoms. The van der Waals surface area contributed by atoms with Gasteiger partial charge in [0.25, 0.3) is 0 Å². The predicted molar refractivity (Wildman–Crippen MR) is 101 cm³/mol. The Bertz CT molecular complexity index is 936. The number of aromatic nitrogens is 3. The van der Waals surface area contributed by atoms with E-state index >= 15 is 0 Å². The van der Waals surface area contributed by atoms with E-state index in [1.54, 1.807) is 23.1 Å². The van der Waals surface area contributed by atoms with Gasteiger partial charge in [0.2, 0.25) is 5.79 Å². The van der Waals surface area contributed by atoms with Crippen molar-refractivity contribution < 1.29 is 18.6 Å². The SMILES string of the molecule is CCC1COC(Cn2cncn2)(c2ccc(Oc3cc(Cl)ccc3F)cc2)O1. The Labute approximate surface area is 166 Å². The van der Waals surface area contributed by atoms with Crippen LogP contribution in [0.15, 0.2) is 55.1 Å². The first-order valence-electron chi connectivity index (χ1n) is 8.95. The van der Waals surface area contributed by atoms with Crippen LogP contribution >= 0.6 is 11.6 Å². The van der Waals surface area contributed by atoms with Gasteiger partial charge in [-0.3, -0.25) is 0 Å². The molecule has 2 heterocycles. The average Bonchev–Trinajstić information content (AvgIpc) is 3.36. The van der Waals surface area contributed by atoms with Crippen LogP contribution in [0.5, 0.6) is 11.5 Å². The van der Waals surface area contributed by atoms with E-state index in [4.69, 9.17) is 25.8 Å². The Kier molecular flexibility index (Phi) is 5.30. The highest BCUT2D eigenvalue weighted by molar-refractivity contribution is 6.30. The van der Waals surface area contributed by atoms with Gasteiger partial charge in [-0.15, -0.1) is 0 Å². The summed E-state index contributed by atoms with van der Waals surface area (Å²) in [6, 6.07) is 11.3. The minimum atomic E-state index is -0.964. The summed E-state index contributed by atoms with van der Waals surface area (Å²) in [5.74, 6) is -0.902. The van der Waals surface area contributed by atoms with Gasteiger partial charge in [-0.1, -0.05) is 18.5 Å². The Morgan fingerprint density at radius 1 is 1.29 bits per heavy atom. The quantitative estimate of drug-likeness (QED) is 0.604. The van der Waals surface area contributed by atoms with E-state index in [0.717, 1.165) is 12.0 Å². The highest BCUT2D eigenvalue weighted by Gasteiger charge is 2.43. The third-order valence-electron chi connectivity index (χ3n) is 4.57. The Morgan fingerprint density at radius 2 is 2.11 bits per heavy atom. The molecule has 1 aliphatic rings. The average molecular weight is 404 g/mol. The minimum absolute atomic E-state index is 0.00000413. The fraction of sp³-hybridized carbons (Fsp3) is 0.300. The molecule has 146 valence electrons. The van der Waals surface area contributed by atoms with Crippen molar-refractivity contribution in [2.24, 2.45) is 0 Å². The van der Waals surface area contributed by atoms with Crippen LogP contribution in [0, 0.1) is 5.82 Å². The summed E-state index contributed by atoms with van der Waals surface area (Å²) in [6.45, 7) is 2.92. The standard InChI is InChI=1S/C20H19ClFN3O3/c1-2-16-10-26-20(28-16,11-25-13-23-12-24-25)14-3-6-17(7-4-14)27-19-9-15(21)5-8-18(19)22/h3-9,12-13,16H,2,10-11H2,1H3. The molecule has 8 heteroatoms. The lowest BCUT2D eigenvalue weighted by atomic mass is 10.1. The van der Waals surface area contributed by atoms with Crippen molar-refractivity contribution in [3.8, 4) is 11.5 Å². The maximum Gasteiger partial charge on any atom is 0.215 e. The Hall–Kier alpha value is -2.48. The summed E-state index contributed by atoms with van der Waals surface area (Å²) in [4.78, 5) is 3.98. The molecule has 0 spiro atoms. The first-order chi connectivity index (χ1) is 13.6. The molecule has 0 N–H and O–H groups in total. The number of rotatable bonds is 6. The molecule has 1 aliphatic heterocycles. The zero-order valence-corrected chi connectivity index (χ0v) is 16.0. The minimum Gasteiger partial charge on any atom is -0.454 e. The van der Waals surface area contributed by atoms with Crippen LogP contribution in [0.2, 0.25) is 5.02 Å².